The van der Waals surface area contributed by atoms with Crippen molar-refractivity contribution in [3.05, 3.63) is 84.4 Å². The van der Waals surface area contributed by atoms with Crippen molar-refractivity contribution in [2.45, 2.75) is 25.3 Å². The van der Waals surface area contributed by atoms with Crippen molar-refractivity contribution in [1.82, 2.24) is 20.6 Å². The Bertz CT molecular complexity index is 807. The first-order chi connectivity index (χ1) is 15.7. The molecule has 0 bridgehead atoms. The summed E-state index contributed by atoms with van der Waals surface area (Å²) in [4.78, 5) is 8.44. The first-order valence-corrected chi connectivity index (χ1v) is 10.6. The molecular weight excluding hydrogens is 408 g/mol. The van der Waals surface area contributed by atoms with E-state index in [2.05, 4.69) is 20.6 Å². The van der Waals surface area contributed by atoms with Gasteiger partial charge in [0.2, 0.25) is 0 Å². The predicted molar refractivity (Wildman–Crippen MR) is 121 cm³/mol. The second kappa shape index (κ2) is 13.4. The third-order valence-electron chi connectivity index (χ3n) is 4.53. The van der Waals surface area contributed by atoms with Gasteiger partial charge in [-0.1, -0.05) is 12.1 Å². The minimum atomic E-state index is -0.636. The van der Waals surface area contributed by atoms with Gasteiger partial charge in [0.05, 0.1) is 11.4 Å². The summed E-state index contributed by atoms with van der Waals surface area (Å²) in [5.74, 6) is 1.28. The second-order valence-corrected chi connectivity index (χ2v) is 7.31. The number of pyridine rings is 2. The summed E-state index contributed by atoms with van der Waals surface area (Å²) in [6, 6.07) is 18.5. The van der Waals surface area contributed by atoms with E-state index in [-0.39, 0.29) is 13.2 Å². The van der Waals surface area contributed by atoms with Crippen LogP contribution in [0.1, 0.15) is 11.4 Å². The van der Waals surface area contributed by atoms with Gasteiger partial charge in [-0.3, -0.25) is 9.97 Å². The molecule has 0 saturated heterocycles. The maximum Gasteiger partial charge on any atom is 0.119 e. The van der Waals surface area contributed by atoms with Crippen molar-refractivity contribution in [1.29, 1.82) is 0 Å². The zero-order valence-electron chi connectivity index (χ0n) is 17.9. The van der Waals surface area contributed by atoms with Gasteiger partial charge < -0.3 is 30.3 Å². The molecule has 0 aliphatic carbocycles. The zero-order valence-corrected chi connectivity index (χ0v) is 17.9. The van der Waals surface area contributed by atoms with E-state index in [1.54, 1.807) is 36.7 Å². The average molecular weight is 439 g/mol. The Morgan fingerprint density at radius 3 is 1.47 bits per heavy atom. The Hall–Kier alpha value is -3.04. The predicted octanol–water partition coefficient (Wildman–Crippen LogP) is 1.54. The fraction of sp³-hybridized carbons (Fsp3) is 0.333. The first-order valence-electron chi connectivity index (χ1n) is 10.6. The SMILES string of the molecule is O[C@@H](CNCc1ccccn1)COc1ccc(OC[C@@H](O)CNCc2ccccn2)cc1. The maximum absolute atomic E-state index is 10.1. The van der Waals surface area contributed by atoms with E-state index in [4.69, 9.17) is 9.47 Å². The number of aromatic nitrogens is 2. The number of aliphatic hydroxyl groups is 2. The van der Waals surface area contributed by atoms with Gasteiger partial charge in [0.1, 0.15) is 36.9 Å². The van der Waals surface area contributed by atoms with Gasteiger partial charge >= 0.3 is 0 Å². The molecular formula is C24H30N4O4. The standard InChI is InChI=1S/C24H30N4O4/c29-21(15-25-13-19-5-1-3-11-27-19)17-31-23-7-9-24(10-8-23)32-18-22(30)16-26-14-20-6-2-4-12-28-20/h1-12,21-22,25-26,29-30H,13-18H2/t21-,22-/m0/s1. The molecule has 0 fully saturated rings. The van der Waals surface area contributed by atoms with E-state index in [1.807, 2.05) is 36.4 Å². The molecule has 0 saturated carbocycles. The van der Waals surface area contributed by atoms with E-state index in [9.17, 15) is 10.2 Å². The number of rotatable bonds is 14. The molecule has 0 aliphatic heterocycles. The highest BCUT2D eigenvalue weighted by Crippen LogP contribution is 2.18. The quantitative estimate of drug-likeness (QED) is 0.300. The van der Waals surface area contributed by atoms with Crippen LogP contribution in [0.25, 0.3) is 0 Å². The minimum Gasteiger partial charge on any atom is -0.491 e. The van der Waals surface area contributed by atoms with E-state index in [1.165, 1.54) is 0 Å². The van der Waals surface area contributed by atoms with Gasteiger partial charge in [-0.05, 0) is 48.5 Å². The van der Waals surface area contributed by atoms with Gasteiger partial charge in [-0.15, -0.1) is 0 Å². The summed E-state index contributed by atoms with van der Waals surface area (Å²) in [7, 11) is 0. The highest BCUT2D eigenvalue weighted by Gasteiger charge is 2.07. The van der Waals surface area contributed by atoms with Crippen molar-refractivity contribution in [2.24, 2.45) is 0 Å². The van der Waals surface area contributed by atoms with E-state index >= 15 is 0 Å². The number of nitrogens with zero attached hydrogens (tertiary/aromatic N) is 2. The Labute approximate surface area is 188 Å². The Balaban J connectivity index is 1.27. The monoisotopic (exact) mass is 438 g/mol. The zero-order chi connectivity index (χ0) is 22.4. The average Bonchev–Trinajstić information content (AvgIpc) is 2.83. The second-order valence-electron chi connectivity index (χ2n) is 7.31. The molecule has 170 valence electrons. The van der Waals surface area contributed by atoms with Crippen LogP contribution < -0.4 is 20.1 Å². The highest BCUT2D eigenvalue weighted by molar-refractivity contribution is 5.31. The molecule has 0 unspecified atom stereocenters. The summed E-state index contributed by atoms with van der Waals surface area (Å²) in [5, 5.41) is 26.4. The van der Waals surface area contributed by atoms with Crippen molar-refractivity contribution in [2.75, 3.05) is 26.3 Å². The molecule has 1 aromatic carbocycles. The van der Waals surface area contributed by atoms with Crippen LogP contribution >= 0.6 is 0 Å². The van der Waals surface area contributed by atoms with Crippen LogP contribution in [0, 0.1) is 0 Å². The number of aliphatic hydroxyl groups excluding tert-OH is 2. The van der Waals surface area contributed by atoms with Crippen molar-refractivity contribution < 1.29 is 19.7 Å². The normalized spacial score (nSPS) is 12.8. The lowest BCUT2D eigenvalue weighted by Gasteiger charge is -2.15. The number of ether oxygens (including phenoxy) is 2. The molecule has 0 spiro atoms. The molecule has 2 heterocycles. The number of hydrogen-bond donors (Lipinski definition) is 4. The van der Waals surface area contributed by atoms with Crippen LogP contribution in [0.2, 0.25) is 0 Å². The maximum atomic E-state index is 10.1. The molecule has 0 aliphatic rings. The molecule has 0 amide bonds. The lowest BCUT2D eigenvalue weighted by Crippen LogP contribution is -2.31. The van der Waals surface area contributed by atoms with Crippen LogP contribution in [-0.2, 0) is 13.1 Å². The molecule has 3 rings (SSSR count). The summed E-state index contributed by atoms with van der Waals surface area (Å²) in [5.41, 5.74) is 1.84. The molecule has 2 aromatic heterocycles. The van der Waals surface area contributed by atoms with Crippen LogP contribution in [-0.4, -0.2) is 58.7 Å². The fourth-order valence-electron chi connectivity index (χ4n) is 2.87. The summed E-state index contributed by atoms with van der Waals surface area (Å²) in [6.45, 7) is 2.35. The number of benzene rings is 1. The van der Waals surface area contributed by atoms with E-state index < -0.39 is 12.2 Å². The summed E-state index contributed by atoms with van der Waals surface area (Å²) in [6.07, 6.45) is 2.21. The molecule has 0 radical (unpaired) electrons. The lowest BCUT2D eigenvalue weighted by atomic mass is 10.3. The fourth-order valence-corrected chi connectivity index (χ4v) is 2.87. The Morgan fingerprint density at radius 2 is 1.09 bits per heavy atom. The van der Waals surface area contributed by atoms with Gasteiger partial charge in [0, 0.05) is 38.6 Å². The number of hydrogen-bond acceptors (Lipinski definition) is 8. The summed E-state index contributed by atoms with van der Waals surface area (Å²) < 4.78 is 11.2. The van der Waals surface area contributed by atoms with Crippen molar-refractivity contribution in [3.63, 3.8) is 0 Å². The Kier molecular flexibility index (Phi) is 9.88. The van der Waals surface area contributed by atoms with Gasteiger partial charge in [-0.25, -0.2) is 0 Å². The number of nitrogens with one attached hydrogen (secondary N) is 2. The van der Waals surface area contributed by atoms with Gasteiger partial charge in [0.25, 0.3) is 0 Å². The molecule has 4 N–H and O–H groups in total. The molecule has 8 nitrogen and oxygen atoms in total. The molecule has 2 atom stereocenters. The third kappa shape index (κ3) is 8.99. The first kappa shape index (κ1) is 23.6. The van der Waals surface area contributed by atoms with E-state index in [0.29, 0.717) is 37.7 Å². The molecule has 3 aromatic rings. The van der Waals surface area contributed by atoms with Crippen LogP contribution in [0.5, 0.6) is 11.5 Å². The smallest absolute Gasteiger partial charge is 0.119 e. The summed E-state index contributed by atoms with van der Waals surface area (Å²) >= 11 is 0. The largest absolute Gasteiger partial charge is 0.491 e. The lowest BCUT2D eigenvalue weighted by molar-refractivity contribution is 0.104. The topological polar surface area (TPSA) is 109 Å². The minimum absolute atomic E-state index is 0.177. The van der Waals surface area contributed by atoms with Gasteiger partial charge in [0.15, 0.2) is 0 Å². The third-order valence-corrected chi connectivity index (χ3v) is 4.53. The van der Waals surface area contributed by atoms with Crippen LogP contribution in [0.4, 0.5) is 0 Å². The van der Waals surface area contributed by atoms with Crippen LogP contribution in [0.3, 0.4) is 0 Å². The highest BCUT2D eigenvalue weighted by atomic mass is 16.5. The van der Waals surface area contributed by atoms with E-state index in [0.717, 1.165) is 11.4 Å². The van der Waals surface area contributed by atoms with Crippen molar-refractivity contribution >= 4 is 0 Å². The van der Waals surface area contributed by atoms with Crippen molar-refractivity contribution in [3.8, 4) is 11.5 Å². The van der Waals surface area contributed by atoms with Crippen LogP contribution in [0.15, 0.2) is 73.1 Å². The van der Waals surface area contributed by atoms with Gasteiger partial charge in [-0.2, -0.15) is 0 Å². The molecule has 32 heavy (non-hydrogen) atoms. The Morgan fingerprint density at radius 1 is 0.656 bits per heavy atom. The molecule has 8 heteroatoms.